The molecule has 0 bridgehead atoms. The number of benzene rings is 2. The Morgan fingerprint density at radius 2 is 1.83 bits per heavy atom. The van der Waals surface area contributed by atoms with Crippen LogP contribution in [0.3, 0.4) is 0 Å². The molecular formula is C32H35Cl2N3O3S. The maximum Gasteiger partial charge on any atom is 0.229 e. The Morgan fingerprint density at radius 1 is 1.07 bits per heavy atom. The lowest BCUT2D eigenvalue weighted by molar-refractivity contribution is -0.155. The van der Waals surface area contributed by atoms with Crippen LogP contribution in [0, 0.1) is 11.3 Å². The number of piperidine rings is 1. The van der Waals surface area contributed by atoms with Crippen molar-refractivity contribution >= 4 is 39.1 Å². The van der Waals surface area contributed by atoms with E-state index in [1.807, 2.05) is 54.3 Å². The lowest BCUT2D eigenvalue weighted by atomic mass is 9.67. The molecule has 0 unspecified atom stereocenters. The van der Waals surface area contributed by atoms with Crippen LogP contribution in [0.25, 0.3) is 0 Å². The lowest BCUT2D eigenvalue weighted by Gasteiger charge is -2.52. The molecule has 4 atom stereocenters. The first-order valence-electron chi connectivity index (χ1n) is 13.9. The number of hydrogen-bond donors (Lipinski definition) is 1. The predicted octanol–water partition coefficient (Wildman–Crippen LogP) is 6.93. The normalized spacial score (nSPS) is 23.8. The maximum atomic E-state index is 14.6. The van der Waals surface area contributed by atoms with Crippen molar-refractivity contribution in [2.75, 3.05) is 6.54 Å². The first kappa shape index (κ1) is 29.8. The van der Waals surface area contributed by atoms with Gasteiger partial charge in [0.05, 0.1) is 17.2 Å². The first-order valence-corrected chi connectivity index (χ1v) is 16.3. The molecule has 41 heavy (non-hydrogen) atoms. The number of carbonyl (C=O) groups is 1. The van der Waals surface area contributed by atoms with Crippen LogP contribution in [0.2, 0.25) is 10.0 Å². The standard InChI is InChI=1S/C32H35Cl2N3O3S/c1-3-16-32(2)19-28(24-7-6-8-26(34)18-24)30(23-12-14-25(33)15-13-23)37(31(32)38)29(22-10-11-22)20-36-41(39,40)21-27-9-4-5-17-35-27/h3-9,12-15,17-18,22,28-30,36H,1,10-11,16,19-21H2,2H3/t28-,29-,30-,32+/m1/s1. The summed E-state index contributed by atoms with van der Waals surface area (Å²) in [6, 6.07) is 20.0. The number of nitrogens with one attached hydrogen (secondary N) is 1. The van der Waals surface area contributed by atoms with Crippen LogP contribution in [-0.4, -0.2) is 36.8 Å². The third kappa shape index (κ3) is 6.86. The molecule has 1 aliphatic carbocycles. The minimum Gasteiger partial charge on any atom is -0.330 e. The van der Waals surface area contributed by atoms with E-state index in [0.717, 1.165) is 24.0 Å². The number of nitrogens with zero attached hydrogens (tertiary/aromatic N) is 2. The average molecular weight is 613 g/mol. The summed E-state index contributed by atoms with van der Waals surface area (Å²) in [5, 5.41) is 1.24. The zero-order chi connectivity index (χ0) is 29.2. The van der Waals surface area contributed by atoms with Crippen LogP contribution in [0.4, 0.5) is 0 Å². The minimum atomic E-state index is -3.69. The number of allylic oxidation sites excluding steroid dienone is 1. The van der Waals surface area contributed by atoms with Crippen molar-refractivity contribution in [3.63, 3.8) is 0 Å². The molecule has 6 nitrogen and oxygen atoms in total. The van der Waals surface area contributed by atoms with Gasteiger partial charge in [-0.15, -0.1) is 6.58 Å². The zero-order valence-corrected chi connectivity index (χ0v) is 25.4. The van der Waals surface area contributed by atoms with E-state index in [-0.39, 0.29) is 42.1 Å². The van der Waals surface area contributed by atoms with Gasteiger partial charge in [0, 0.05) is 34.7 Å². The van der Waals surface area contributed by atoms with Gasteiger partial charge in [0.1, 0.15) is 5.75 Å². The Hall–Kier alpha value is -2.71. The molecule has 0 spiro atoms. The van der Waals surface area contributed by atoms with Gasteiger partial charge in [-0.2, -0.15) is 0 Å². The van der Waals surface area contributed by atoms with E-state index < -0.39 is 15.4 Å². The number of amides is 1. The summed E-state index contributed by atoms with van der Waals surface area (Å²) in [7, 11) is -3.69. The molecule has 1 saturated carbocycles. The number of pyridine rings is 1. The largest absolute Gasteiger partial charge is 0.330 e. The van der Waals surface area contributed by atoms with E-state index in [1.165, 1.54) is 0 Å². The SMILES string of the molecule is C=CC[C@@]1(C)C[C@H](c2cccc(Cl)c2)[C@@H](c2ccc(Cl)cc2)N([C@H](CNS(=O)(=O)Cc2ccccn2)C2CC2)C1=O. The molecular weight excluding hydrogens is 577 g/mol. The summed E-state index contributed by atoms with van der Waals surface area (Å²) < 4.78 is 29.1. The van der Waals surface area contributed by atoms with E-state index in [1.54, 1.807) is 30.5 Å². The summed E-state index contributed by atoms with van der Waals surface area (Å²) >= 11 is 12.7. The molecule has 1 aromatic heterocycles. The molecule has 3 aromatic rings. The van der Waals surface area contributed by atoms with Gasteiger partial charge < -0.3 is 4.90 Å². The highest BCUT2D eigenvalue weighted by Gasteiger charge is 2.53. The van der Waals surface area contributed by atoms with Crippen molar-refractivity contribution in [2.45, 2.75) is 56.4 Å². The Bertz CT molecular complexity index is 1500. The fraction of sp³-hybridized carbons (Fsp3) is 0.375. The number of carbonyl (C=O) groups excluding carboxylic acids is 1. The monoisotopic (exact) mass is 611 g/mol. The topological polar surface area (TPSA) is 79.4 Å². The summed E-state index contributed by atoms with van der Waals surface area (Å²) in [5.74, 6) is -0.100. The van der Waals surface area contributed by atoms with Crippen LogP contribution in [0.1, 0.15) is 61.4 Å². The molecule has 1 N–H and O–H groups in total. The van der Waals surface area contributed by atoms with Crippen molar-refractivity contribution < 1.29 is 13.2 Å². The highest BCUT2D eigenvalue weighted by molar-refractivity contribution is 7.88. The molecule has 216 valence electrons. The highest BCUT2D eigenvalue weighted by Crippen LogP contribution is 2.54. The third-order valence-corrected chi connectivity index (χ3v) is 10.1. The molecule has 0 radical (unpaired) electrons. The van der Waals surface area contributed by atoms with Gasteiger partial charge in [-0.25, -0.2) is 13.1 Å². The molecule has 2 fully saturated rings. The van der Waals surface area contributed by atoms with E-state index in [2.05, 4.69) is 22.4 Å². The van der Waals surface area contributed by atoms with Gasteiger partial charge in [0.15, 0.2) is 0 Å². The van der Waals surface area contributed by atoms with E-state index in [9.17, 15) is 13.2 Å². The van der Waals surface area contributed by atoms with Gasteiger partial charge in [-0.05, 0) is 79.1 Å². The Labute approximate surface area is 252 Å². The average Bonchev–Trinajstić information content (AvgIpc) is 3.77. The smallest absolute Gasteiger partial charge is 0.229 e. The second-order valence-electron chi connectivity index (χ2n) is 11.5. The van der Waals surface area contributed by atoms with Crippen LogP contribution < -0.4 is 4.72 Å². The van der Waals surface area contributed by atoms with Gasteiger partial charge in [0.2, 0.25) is 15.9 Å². The fourth-order valence-electron chi connectivity index (χ4n) is 6.17. The third-order valence-electron chi connectivity index (χ3n) is 8.29. The quantitative estimate of drug-likeness (QED) is 0.238. The summed E-state index contributed by atoms with van der Waals surface area (Å²) in [6.45, 7) is 6.08. The van der Waals surface area contributed by atoms with Crippen molar-refractivity contribution in [3.05, 3.63) is 112 Å². The van der Waals surface area contributed by atoms with Crippen molar-refractivity contribution in [3.8, 4) is 0 Å². The van der Waals surface area contributed by atoms with Crippen molar-refractivity contribution in [1.29, 1.82) is 0 Å². The summed E-state index contributed by atoms with van der Waals surface area (Å²) in [6.07, 6.45) is 6.36. The second kappa shape index (κ2) is 12.3. The lowest BCUT2D eigenvalue weighted by Crippen LogP contribution is -2.58. The maximum absolute atomic E-state index is 14.6. The summed E-state index contributed by atoms with van der Waals surface area (Å²) in [5.41, 5.74) is 1.75. The molecule has 1 aliphatic heterocycles. The first-order chi connectivity index (χ1) is 19.6. The van der Waals surface area contributed by atoms with Crippen LogP contribution in [-0.2, 0) is 20.6 Å². The fourth-order valence-corrected chi connectivity index (χ4v) is 7.58. The van der Waals surface area contributed by atoms with E-state index >= 15 is 0 Å². The number of rotatable bonds is 11. The Kier molecular flexibility index (Phi) is 8.90. The van der Waals surface area contributed by atoms with Crippen LogP contribution in [0.5, 0.6) is 0 Å². The van der Waals surface area contributed by atoms with Crippen LogP contribution in [0.15, 0.2) is 85.6 Å². The molecule has 1 amide bonds. The van der Waals surface area contributed by atoms with Crippen molar-refractivity contribution in [1.82, 2.24) is 14.6 Å². The van der Waals surface area contributed by atoms with E-state index in [0.29, 0.717) is 28.6 Å². The number of likely N-dealkylation sites (tertiary alicyclic amines) is 1. The summed E-state index contributed by atoms with van der Waals surface area (Å²) in [4.78, 5) is 20.7. The number of aromatic nitrogens is 1. The zero-order valence-electron chi connectivity index (χ0n) is 23.0. The highest BCUT2D eigenvalue weighted by atomic mass is 35.5. The minimum absolute atomic E-state index is 0.0106. The van der Waals surface area contributed by atoms with Gasteiger partial charge in [0.25, 0.3) is 0 Å². The number of hydrogen-bond acceptors (Lipinski definition) is 4. The second-order valence-corrected chi connectivity index (χ2v) is 14.1. The number of sulfonamides is 1. The Morgan fingerprint density at radius 3 is 2.46 bits per heavy atom. The Balaban J connectivity index is 1.56. The molecule has 2 aromatic carbocycles. The number of halogens is 2. The molecule has 1 saturated heterocycles. The van der Waals surface area contributed by atoms with Crippen molar-refractivity contribution in [2.24, 2.45) is 11.3 Å². The predicted molar refractivity (Wildman–Crippen MR) is 164 cm³/mol. The van der Waals surface area contributed by atoms with Crippen LogP contribution >= 0.6 is 23.2 Å². The molecule has 5 rings (SSSR count). The molecule has 2 heterocycles. The van der Waals surface area contributed by atoms with Gasteiger partial charge in [-0.3, -0.25) is 9.78 Å². The van der Waals surface area contributed by atoms with Gasteiger partial charge in [-0.1, -0.05) is 66.5 Å². The van der Waals surface area contributed by atoms with E-state index in [4.69, 9.17) is 23.2 Å². The molecule has 2 aliphatic rings. The molecule has 9 heteroatoms. The van der Waals surface area contributed by atoms with Gasteiger partial charge >= 0.3 is 0 Å².